The highest BCUT2D eigenvalue weighted by Crippen LogP contribution is 2.40. The fraction of sp³-hybridized carbons (Fsp3) is 0.211. The number of carbonyl (C=O) groups is 2. The van der Waals surface area contributed by atoms with Gasteiger partial charge >= 0.3 is 0 Å². The molecular weight excluding hydrogens is 316 g/mol. The highest BCUT2D eigenvalue weighted by atomic mass is 16.2. The van der Waals surface area contributed by atoms with Crippen molar-refractivity contribution in [2.45, 2.75) is 20.4 Å². The van der Waals surface area contributed by atoms with Crippen LogP contribution in [0.15, 0.2) is 42.6 Å². The van der Waals surface area contributed by atoms with Crippen LogP contribution in [0.2, 0.25) is 0 Å². The summed E-state index contributed by atoms with van der Waals surface area (Å²) >= 11 is 0. The second-order valence-corrected chi connectivity index (χ2v) is 5.92. The van der Waals surface area contributed by atoms with Gasteiger partial charge in [-0.15, -0.1) is 0 Å². The highest BCUT2D eigenvalue weighted by Gasteiger charge is 2.29. The molecule has 2 amide bonds. The number of anilines is 2. The zero-order valence-electron chi connectivity index (χ0n) is 14.1. The molecule has 0 atom stereocenters. The van der Waals surface area contributed by atoms with Crippen LogP contribution >= 0.6 is 0 Å². The van der Waals surface area contributed by atoms with Gasteiger partial charge in [0.15, 0.2) is 5.69 Å². The molecule has 0 unspecified atom stereocenters. The summed E-state index contributed by atoms with van der Waals surface area (Å²) in [6.07, 6.45) is 1.78. The van der Waals surface area contributed by atoms with E-state index in [2.05, 4.69) is 10.4 Å². The van der Waals surface area contributed by atoms with Crippen LogP contribution in [-0.2, 0) is 6.54 Å². The Bertz CT molecular complexity index is 1010. The van der Waals surface area contributed by atoms with Crippen molar-refractivity contribution in [3.05, 3.63) is 53.9 Å². The molecule has 6 heteroatoms. The fourth-order valence-corrected chi connectivity index (χ4v) is 3.31. The maximum Gasteiger partial charge on any atom is 0.276 e. The normalized spacial score (nSPS) is 12.9. The molecule has 0 saturated heterocycles. The number of amides is 2. The standard InChI is InChI=1S/C19H18N4O2/c1-3-22-11-10-15(21-22)18(24)20-14-8-9-16-17-12(14)6-5-7-13(17)19(25)23(16)4-2/h5-11H,3-4H2,1-2H3,(H,20,24). The first-order valence-corrected chi connectivity index (χ1v) is 8.36. The van der Waals surface area contributed by atoms with E-state index in [1.54, 1.807) is 21.8 Å². The molecule has 0 aliphatic carbocycles. The number of rotatable bonds is 4. The van der Waals surface area contributed by atoms with Gasteiger partial charge in [0, 0.05) is 41.3 Å². The molecule has 0 saturated carbocycles. The molecule has 0 radical (unpaired) electrons. The van der Waals surface area contributed by atoms with Crippen molar-refractivity contribution in [3.8, 4) is 0 Å². The van der Waals surface area contributed by atoms with Crippen molar-refractivity contribution in [2.75, 3.05) is 16.8 Å². The molecule has 1 N–H and O–H groups in total. The molecule has 25 heavy (non-hydrogen) atoms. The number of carbonyl (C=O) groups excluding carboxylic acids is 2. The Labute approximate surface area is 145 Å². The fourth-order valence-electron chi connectivity index (χ4n) is 3.31. The number of nitrogens with one attached hydrogen (secondary N) is 1. The van der Waals surface area contributed by atoms with Crippen molar-refractivity contribution in [1.82, 2.24) is 9.78 Å². The molecule has 126 valence electrons. The van der Waals surface area contributed by atoms with Crippen LogP contribution in [-0.4, -0.2) is 28.1 Å². The minimum absolute atomic E-state index is 0.00765. The molecule has 4 rings (SSSR count). The van der Waals surface area contributed by atoms with E-state index < -0.39 is 0 Å². The summed E-state index contributed by atoms with van der Waals surface area (Å²) in [6.45, 7) is 5.25. The average Bonchev–Trinajstić information content (AvgIpc) is 3.22. The Morgan fingerprint density at radius 1 is 1.12 bits per heavy atom. The van der Waals surface area contributed by atoms with Gasteiger partial charge in [-0.25, -0.2) is 0 Å². The van der Waals surface area contributed by atoms with Crippen LogP contribution in [0.1, 0.15) is 34.7 Å². The number of nitrogens with zero attached hydrogens (tertiary/aromatic N) is 3. The van der Waals surface area contributed by atoms with Gasteiger partial charge in [0.1, 0.15) is 0 Å². The first kappa shape index (κ1) is 15.4. The largest absolute Gasteiger partial charge is 0.320 e. The smallest absolute Gasteiger partial charge is 0.276 e. The second kappa shape index (κ2) is 5.73. The maximum atomic E-state index is 12.5. The van der Waals surface area contributed by atoms with Gasteiger partial charge in [-0.05, 0) is 38.1 Å². The molecule has 3 aromatic rings. The Balaban J connectivity index is 1.76. The van der Waals surface area contributed by atoms with Crippen LogP contribution in [0.25, 0.3) is 10.8 Å². The molecule has 0 spiro atoms. The quantitative estimate of drug-likeness (QED) is 0.796. The Morgan fingerprint density at radius 2 is 1.96 bits per heavy atom. The third-order valence-corrected chi connectivity index (χ3v) is 4.55. The monoisotopic (exact) mass is 334 g/mol. The lowest BCUT2D eigenvalue weighted by Crippen LogP contribution is -2.25. The molecule has 0 bridgehead atoms. The number of hydrogen-bond donors (Lipinski definition) is 1. The predicted molar refractivity (Wildman–Crippen MR) is 97.2 cm³/mol. The first-order chi connectivity index (χ1) is 12.1. The maximum absolute atomic E-state index is 12.5. The second-order valence-electron chi connectivity index (χ2n) is 5.92. The van der Waals surface area contributed by atoms with Crippen LogP contribution in [0.3, 0.4) is 0 Å². The number of hydrogen-bond acceptors (Lipinski definition) is 3. The SMILES string of the molecule is CCN1C(=O)c2cccc3c(NC(=O)c4ccn(CC)n4)ccc1c23. The average molecular weight is 334 g/mol. The van der Waals surface area contributed by atoms with Gasteiger partial charge in [0.05, 0.1) is 5.69 Å². The lowest BCUT2D eigenvalue weighted by Gasteiger charge is -2.15. The molecule has 1 aliphatic heterocycles. The lowest BCUT2D eigenvalue weighted by atomic mass is 10.0. The summed E-state index contributed by atoms with van der Waals surface area (Å²) in [5.74, 6) is -0.252. The topological polar surface area (TPSA) is 67.2 Å². The van der Waals surface area contributed by atoms with Crippen molar-refractivity contribution in [2.24, 2.45) is 0 Å². The zero-order chi connectivity index (χ0) is 17.6. The summed E-state index contributed by atoms with van der Waals surface area (Å²) in [6, 6.07) is 11.0. The van der Waals surface area contributed by atoms with E-state index in [1.165, 1.54) is 0 Å². The predicted octanol–water partition coefficient (Wildman–Crippen LogP) is 3.29. The highest BCUT2D eigenvalue weighted by molar-refractivity contribution is 6.27. The zero-order valence-corrected chi connectivity index (χ0v) is 14.1. The van der Waals surface area contributed by atoms with Crippen LogP contribution in [0, 0.1) is 0 Å². The van der Waals surface area contributed by atoms with Crippen molar-refractivity contribution in [1.29, 1.82) is 0 Å². The van der Waals surface area contributed by atoms with E-state index in [-0.39, 0.29) is 11.8 Å². The number of aromatic nitrogens is 2. The lowest BCUT2D eigenvalue weighted by molar-refractivity contribution is 0.0992. The minimum Gasteiger partial charge on any atom is -0.320 e. The Morgan fingerprint density at radius 3 is 2.68 bits per heavy atom. The molecule has 6 nitrogen and oxygen atoms in total. The number of benzene rings is 2. The molecule has 0 fully saturated rings. The Hall–Kier alpha value is -3.15. The third kappa shape index (κ3) is 2.29. The molecule has 2 aromatic carbocycles. The van der Waals surface area contributed by atoms with Gasteiger partial charge in [-0.1, -0.05) is 12.1 Å². The summed E-state index contributed by atoms with van der Waals surface area (Å²) in [7, 11) is 0. The van der Waals surface area contributed by atoms with Crippen molar-refractivity contribution in [3.63, 3.8) is 0 Å². The first-order valence-electron chi connectivity index (χ1n) is 8.36. The summed E-state index contributed by atoms with van der Waals surface area (Å²) in [5.41, 5.74) is 2.63. The van der Waals surface area contributed by atoms with E-state index in [0.717, 1.165) is 16.5 Å². The van der Waals surface area contributed by atoms with Crippen molar-refractivity contribution >= 4 is 34.0 Å². The van der Waals surface area contributed by atoms with Gasteiger partial charge in [0.25, 0.3) is 11.8 Å². The molecular formula is C19H18N4O2. The number of aryl methyl sites for hydroxylation is 1. The van der Waals surface area contributed by atoms with E-state index >= 15 is 0 Å². The van der Waals surface area contributed by atoms with Crippen LogP contribution in [0.4, 0.5) is 11.4 Å². The molecule has 1 aromatic heterocycles. The molecule has 2 heterocycles. The summed E-state index contributed by atoms with van der Waals surface area (Å²) < 4.78 is 1.71. The summed E-state index contributed by atoms with van der Waals surface area (Å²) in [4.78, 5) is 26.8. The third-order valence-electron chi connectivity index (χ3n) is 4.55. The van der Waals surface area contributed by atoms with Gasteiger partial charge < -0.3 is 10.2 Å². The Kier molecular flexibility index (Phi) is 3.53. The van der Waals surface area contributed by atoms with Crippen molar-refractivity contribution < 1.29 is 9.59 Å². The van der Waals surface area contributed by atoms with Crippen LogP contribution in [0.5, 0.6) is 0 Å². The summed E-state index contributed by atoms with van der Waals surface area (Å²) in [5, 5.41) is 8.91. The minimum atomic E-state index is -0.260. The van der Waals surface area contributed by atoms with E-state index in [9.17, 15) is 9.59 Å². The van der Waals surface area contributed by atoms with E-state index in [4.69, 9.17) is 0 Å². The van der Waals surface area contributed by atoms with Crippen LogP contribution < -0.4 is 10.2 Å². The van der Waals surface area contributed by atoms with E-state index in [1.807, 2.05) is 44.2 Å². The van der Waals surface area contributed by atoms with Gasteiger partial charge in [-0.2, -0.15) is 5.10 Å². The van der Waals surface area contributed by atoms with Gasteiger partial charge in [0.2, 0.25) is 0 Å². The molecule has 1 aliphatic rings. The van der Waals surface area contributed by atoms with Gasteiger partial charge in [-0.3, -0.25) is 14.3 Å². The van der Waals surface area contributed by atoms with E-state index in [0.29, 0.717) is 30.0 Å².